The zero-order valence-electron chi connectivity index (χ0n) is 8.05. The van der Waals surface area contributed by atoms with Crippen molar-refractivity contribution in [2.75, 3.05) is 0 Å². The van der Waals surface area contributed by atoms with Gasteiger partial charge in [-0.15, -0.1) is 12.4 Å². The van der Waals surface area contributed by atoms with Crippen LogP contribution in [0.25, 0.3) is 0 Å². The number of nitrogens with zero attached hydrogens (tertiary/aromatic N) is 3. The van der Waals surface area contributed by atoms with Gasteiger partial charge in [0.15, 0.2) is 0 Å². The lowest BCUT2D eigenvalue weighted by Crippen LogP contribution is -2.27. The van der Waals surface area contributed by atoms with E-state index in [1.807, 2.05) is 0 Å². The highest BCUT2D eigenvalue weighted by atomic mass is 35.5. The molecule has 1 aromatic heterocycles. The van der Waals surface area contributed by atoms with Crippen molar-refractivity contribution in [3.63, 3.8) is 0 Å². The molecule has 1 unspecified atom stereocenters. The van der Waals surface area contributed by atoms with Gasteiger partial charge in [0.25, 0.3) is 0 Å². The lowest BCUT2D eigenvalue weighted by Gasteiger charge is -2.12. The Kier molecular flexibility index (Phi) is 5.66. The van der Waals surface area contributed by atoms with Crippen molar-refractivity contribution in [1.29, 1.82) is 0 Å². The summed E-state index contributed by atoms with van der Waals surface area (Å²) in [6, 6.07) is 0.187. The van der Waals surface area contributed by atoms with Crippen LogP contribution in [0, 0.1) is 5.92 Å². The van der Waals surface area contributed by atoms with Crippen LogP contribution in [0.4, 0.5) is 0 Å². The highest BCUT2D eigenvalue weighted by molar-refractivity contribution is 5.85. The first kappa shape index (κ1) is 12.4. The molecule has 0 saturated carbocycles. The van der Waals surface area contributed by atoms with Crippen LogP contribution >= 0.6 is 12.4 Å². The SMILES string of the molecule is CC(C)CC(N)Cn1cncn1.Cl. The van der Waals surface area contributed by atoms with Gasteiger partial charge in [-0.3, -0.25) is 4.68 Å². The molecular formula is C8H17ClN4. The van der Waals surface area contributed by atoms with Crippen LogP contribution in [0.2, 0.25) is 0 Å². The van der Waals surface area contributed by atoms with E-state index in [4.69, 9.17) is 5.73 Å². The summed E-state index contributed by atoms with van der Waals surface area (Å²) in [5.41, 5.74) is 5.88. The Morgan fingerprint density at radius 3 is 2.62 bits per heavy atom. The predicted molar refractivity (Wildman–Crippen MR) is 54.7 cm³/mol. The highest BCUT2D eigenvalue weighted by Gasteiger charge is 2.05. The maximum atomic E-state index is 5.88. The van der Waals surface area contributed by atoms with Gasteiger partial charge in [0, 0.05) is 6.04 Å². The minimum absolute atomic E-state index is 0. The molecule has 76 valence electrons. The molecule has 0 saturated heterocycles. The van der Waals surface area contributed by atoms with E-state index < -0.39 is 0 Å². The van der Waals surface area contributed by atoms with E-state index in [9.17, 15) is 0 Å². The summed E-state index contributed by atoms with van der Waals surface area (Å²) in [5.74, 6) is 0.642. The first-order valence-corrected chi connectivity index (χ1v) is 4.26. The van der Waals surface area contributed by atoms with E-state index in [0.717, 1.165) is 13.0 Å². The van der Waals surface area contributed by atoms with E-state index in [2.05, 4.69) is 23.9 Å². The molecule has 0 radical (unpaired) electrons. The Bertz CT molecular complexity index is 210. The van der Waals surface area contributed by atoms with Gasteiger partial charge in [0.2, 0.25) is 0 Å². The summed E-state index contributed by atoms with van der Waals surface area (Å²) in [6.07, 6.45) is 4.25. The molecule has 1 heterocycles. The topological polar surface area (TPSA) is 56.7 Å². The third-order valence-electron chi connectivity index (χ3n) is 1.66. The van der Waals surface area contributed by atoms with Crippen LogP contribution in [0.15, 0.2) is 12.7 Å². The molecule has 5 heteroatoms. The second-order valence-electron chi connectivity index (χ2n) is 3.51. The molecular weight excluding hydrogens is 188 g/mol. The molecule has 0 spiro atoms. The van der Waals surface area contributed by atoms with Gasteiger partial charge in [-0.25, -0.2) is 4.98 Å². The molecule has 1 aromatic rings. The molecule has 0 aromatic carbocycles. The maximum absolute atomic E-state index is 5.88. The van der Waals surface area contributed by atoms with Crippen molar-refractivity contribution < 1.29 is 0 Å². The first-order chi connectivity index (χ1) is 5.68. The molecule has 1 atom stereocenters. The number of aromatic nitrogens is 3. The average Bonchev–Trinajstić information content (AvgIpc) is 2.37. The van der Waals surface area contributed by atoms with E-state index in [1.54, 1.807) is 11.0 Å². The third-order valence-corrected chi connectivity index (χ3v) is 1.66. The summed E-state index contributed by atoms with van der Waals surface area (Å²) in [5, 5.41) is 3.99. The maximum Gasteiger partial charge on any atom is 0.137 e. The Morgan fingerprint density at radius 1 is 1.46 bits per heavy atom. The number of hydrogen-bond donors (Lipinski definition) is 1. The van der Waals surface area contributed by atoms with Gasteiger partial charge in [0.1, 0.15) is 12.7 Å². The predicted octanol–water partition coefficient (Wildman–Crippen LogP) is 1.07. The van der Waals surface area contributed by atoms with Crippen molar-refractivity contribution in [3.8, 4) is 0 Å². The smallest absolute Gasteiger partial charge is 0.137 e. The average molecular weight is 205 g/mol. The Morgan fingerprint density at radius 2 is 2.15 bits per heavy atom. The lowest BCUT2D eigenvalue weighted by atomic mass is 10.1. The van der Waals surface area contributed by atoms with Crippen molar-refractivity contribution in [1.82, 2.24) is 14.8 Å². The van der Waals surface area contributed by atoms with Crippen LogP contribution in [-0.2, 0) is 6.54 Å². The number of nitrogens with two attached hydrogens (primary N) is 1. The Labute approximate surface area is 84.9 Å². The Hall–Kier alpha value is -0.610. The van der Waals surface area contributed by atoms with Crippen molar-refractivity contribution in [3.05, 3.63) is 12.7 Å². The van der Waals surface area contributed by atoms with Crippen LogP contribution in [0.5, 0.6) is 0 Å². The van der Waals surface area contributed by atoms with Crippen molar-refractivity contribution in [2.24, 2.45) is 11.7 Å². The summed E-state index contributed by atoms with van der Waals surface area (Å²) in [6.45, 7) is 5.10. The van der Waals surface area contributed by atoms with Gasteiger partial charge in [-0.2, -0.15) is 5.10 Å². The summed E-state index contributed by atoms with van der Waals surface area (Å²) in [7, 11) is 0. The number of hydrogen-bond acceptors (Lipinski definition) is 3. The van der Waals surface area contributed by atoms with Gasteiger partial charge < -0.3 is 5.73 Å². The number of rotatable bonds is 4. The fourth-order valence-electron chi connectivity index (χ4n) is 1.25. The summed E-state index contributed by atoms with van der Waals surface area (Å²) >= 11 is 0. The van der Waals surface area contributed by atoms with E-state index >= 15 is 0 Å². The number of halogens is 1. The summed E-state index contributed by atoms with van der Waals surface area (Å²) in [4.78, 5) is 3.85. The zero-order valence-corrected chi connectivity index (χ0v) is 8.87. The highest BCUT2D eigenvalue weighted by Crippen LogP contribution is 2.03. The second kappa shape index (κ2) is 5.94. The molecule has 13 heavy (non-hydrogen) atoms. The van der Waals surface area contributed by atoms with Crippen LogP contribution in [0.1, 0.15) is 20.3 Å². The van der Waals surface area contributed by atoms with Gasteiger partial charge in [0.05, 0.1) is 6.54 Å². The van der Waals surface area contributed by atoms with Gasteiger partial charge in [-0.05, 0) is 12.3 Å². The zero-order chi connectivity index (χ0) is 8.97. The normalized spacial score (nSPS) is 12.6. The second-order valence-corrected chi connectivity index (χ2v) is 3.51. The van der Waals surface area contributed by atoms with Gasteiger partial charge in [-0.1, -0.05) is 13.8 Å². The van der Waals surface area contributed by atoms with Crippen LogP contribution < -0.4 is 5.73 Å². The van der Waals surface area contributed by atoms with Gasteiger partial charge >= 0.3 is 0 Å². The molecule has 4 nitrogen and oxygen atoms in total. The quantitative estimate of drug-likeness (QED) is 0.799. The first-order valence-electron chi connectivity index (χ1n) is 4.26. The minimum Gasteiger partial charge on any atom is -0.326 e. The Balaban J connectivity index is 0.00000144. The fraction of sp³-hybridized carbons (Fsp3) is 0.750. The third kappa shape index (κ3) is 4.85. The van der Waals surface area contributed by atoms with E-state index in [1.165, 1.54) is 6.33 Å². The lowest BCUT2D eigenvalue weighted by molar-refractivity contribution is 0.428. The molecule has 1 rings (SSSR count). The minimum atomic E-state index is 0. The molecule has 0 bridgehead atoms. The molecule has 0 aliphatic rings. The molecule has 0 aliphatic carbocycles. The monoisotopic (exact) mass is 204 g/mol. The largest absolute Gasteiger partial charge is 0.326 e. The molecule has 0 fully saturated rings. The molecule has 0 amide bonds. The van der Waals surface area contributed by atoms with E-state index in [0.29, 0.717) is 5.92 Å². The standard InChI is InChI=1S/C8H16N4.ClH/c1-7(2)3-8(9)4-12-6-10-5-11-12;/h5-8H,3-4,9H2,1-2H3;1H. The van der Waals surface area contributed by atoms with E-state index in [-0.39, 0.29) is 18.4 Å². The molecule has 0 aliphatic heterocycles. The summed E-state index contributed by atoms with van der Waals surface area (Å²) < 4.78 is 1.77. The fourth-order valence-corrected chi connectivity index (χ4v) is 1.25. The van der Waals surface area contributed by atoms with Crippen molar-refractivity contribution >= 4 is 12.4 Å². The van der Waals surface area contributed by atoms with Crippen molar-refractivity contribution in [2.45, 2.75) is 32.9 Å². The molecule has 2 N–H and O–H groups in total. The van der Waals surface area contributed by atoms with Crippen LogP contribution in [-0.4, -0.2) is 20.8 Å². The van der Waals surface area contributed by atoms with Crippen LogP contribution in [0.3, 0.4) is 0 Å².